The molecule has 3 rings (SSSR count). The van der Waals surface area contributed by atoms with Crippen LogP contribution in [-0.2, 0) is 13.0 Å². The molecule has 3 aromatic carbocycles. The maximum Gasteiger partial charge on any atom is 0.130 e. The van der Waals surface area contributed by atoms with Crippen molar-refractivity contribution in [2.45, 2.75) is 26.9 Å². The normalized spacial score (nSPS) is 10.4. The predicted octanol–water partition coefficient (Wildman–Crippen LogP) is 5.98. The number of anilines is 1. The number of hydrogen-bond acceptors (Lipinski definition) is 4. The molecule has 0 saturated heterocycles. The van der Waals surface area contributed by atoms with E-state index in [1.165, 1.54) is 5.56 Å². The SMILES string of the molecule is CCc1ccccc1Oc1ccc(OCc2c(NC)cccc2OC)c(C)c1. The smallest absolute Gasteiger partial charge is 0.130 e. The zero-order valence-electron chi connectivity index (χ0n) is 16.9. The Balaban J connectivity index is 1.75. The van der Waals surface area contributed by atoms with Gasteiger partial charge in [0.1, 0.15) is 29.6 Å². The van der Waals surface area contributed by atoms with Crippen LogP contribution in [0, 0.1) is 6.92 Å². The van der Waals surface area contributed by atoms with Crippen molar-refractivity contribution in [1.82, 2.24) is 0 Å². The van der Waals surface area contributed by atoms with E-state index in [1.807, 2.05) is 68.6 Å². The van der Waals surface area contributed by atoms with Gasteiger partial charge in [0.2, 0.25) is 0 Å². The highest BCUT2D eigenvalue weighted by Crippen LogP contribution is 2.32. The molecule has 0 bridgehead atoms. The molecular formula is C24H27NO3. The number of ether oxygens (including phenoxy) is 3. The third-order valence-electron chi connectivity index (χ3n) is 4.72. The Morgan fingerprint density at radius 3 is 2.39 bits per heavy atom. The lowest BCUT2D eigenvalue weighted by Crippen LogP contribution is -2.04. The summed E-state index contributed by atoms with van der Waals surface area (Å²) in [5.74, 6) is 3.33. The molecule has 0 spiro atoms. The first kappa shape index (κ1) is 19.6. The average Bonchev–Trinajstić information content (AvgIpc) is 2.73. The summed E-state index contributed by atoms with van der Waals surface area (Å²) >= 11 is 0. The Labute approximate surface area is 167 Å². The quantitative estimate of drug-likeness (QED) is 0.524. The topological polar surface area (TPSA) is 39.7 Å². The molecule has 0 radical (unpaired) electrons. The van der Waals surface area contributed by atoms with Crippen molar-refractivity contribution in [2.75, 3.05) is 19.5 Å². The minimum Gasteiger partial charge on any atom is -0.496 e. The van der Waals surface area contributed by atoms with Gasteiger partial charge in [-0.1, -0.05) is 31.2 Å². The maximum atomic E-state index is 6.09. The minimum atomic E-state index is 0.417. The van der Waals surface area contributed by atoms with Gasteiger partial charge in [-0.05, 0) is 60.9 Å². The fraction of sp³-hybridized carbons (Fsp3) is 0.250. The standard InChI is InChI=1S/C24H27NO3/c1-5-18-9-6-7-11-23(18)28-19-13-14-22(17(2)15-19)27-16-20-21(25-3)10-8-12-24(20)26-4/h6-15,25H,5,16H2,1-4H3. The van der Waals surface area contributed by atoms with Crippen molar-refractivity contribution in [3.8, 4) is 23.0 Å². The van der Waals surface area contributed by atoms with Crippen LogP contribution in [0.25, 0.3) is 0 Å². The van der Waals surface area contributed by atoms with Gasteiger partial charge in [-0.25, -0.2) is 0 Å². The summed E-state index contributed by atoms with van der Waals surface area (Å²) in [4.78, 5) is 0. The summed E-state index contributed by atoms with van der Waals surface area (Å²) in [7, 11) is 3.56. The lowest BCUT2D eigenvalue weighted by atomic mass is 10.1. The van der Waals surface area contributed by atoms with E-state index in [-0.39, 0.29) is 0 Å². The molecule has 4 heteroatoms. The number of aryl methyl sites for hydroxylation is 2. The second-order valence-electron chi connectivity index (χ2n) is 6.52. The van der Waals surface area contributed by atoms with E-state index in [1.54, 1.807) is 7.11 Å². The van der Waals surface area contributed by atoms with Crippen molar-refractivity contribution in [1.29, 1.82) is 0 Å². The number of rotatable bonds is 8. The molecule has 28 heavy (non-hydrogen) atoms. The first-order valence-electron chi connectivity index (χ1n) is 9.49. The molecule has 0 heterocycles. The second kappa shape index (κ2) is 9.18. The third-order valence-corrected chi connectivity index (χ3v) is 4.72. The fourth-order valence-corrected chi connectivity index (χ4v) is 3.16. The molecule has 0 aliphatic carbocycles. The number of para-hydroxylation sites is 1. The van der Waals surface area contributed by atoms with Gasteiger partial charge in [0.25, 0.3) is 0 Å². The van der Waals surface area contributed by atoms with Crippen LogP contribution in [-0.4, -0.2) is 14.2 Å². The number of methoxy groups -OCH3 is 1. The molecule has 0 aliphatic heterocycles. The van der Waals surface area contributed by atoms with E-state index in [2.05, 4.69) is 18.3 Å². The molecule has 0 atom stereocenters. The van der Waals surface area contributed by atoms with E-state index in [9.17, 15) is 0 Å². The van der Waals surface area contributed by atoms with Crippen LogP contribution >= 0.6 is 0 Å². The molecule has 146 valence electrons. The van der Waals surface area contributed by atoms with Crippen molar-refractivity contribution in [3.05, 3.63) is 77.4 Å². The van der Waals surface area contributed by atoms with Crippen LogP contribution in [0.2, 0.25) is 0 Å². The van der Waals surface area contributed by atoms with Gasteiger partial charge in [-0.2, -0.15) is 0 Å². The Morgan fingerprint density at radius 2 is 1.68 bits per heavy atom. The number of hydrogen-bond donors (Lipinski definition) is 1. The fourth-order valence-electron chi connectivity index (χ4n) is 3.16. The summed E-state index contributed by atoms with van der Waals surface area (Å²) in [6.45, 7) is 4.57. The molecule has 3 aromatic rings. The monoisotopic (exact) mass is 377 g/mol. The van der Waals surface area contributed by atoms with Crippen LogP contribution in [0.5, 0.6) is 23.0 Å². The summed E-state index contributed by atoms with van der Waals surface area (Å²) in [6.07, 6.45) is 0.934. The average molecular weight is 377 g/mol. The lowest BCUT2D eigenvalue weighted by molar-refractivity contribution is 0.295. The zero-order chi connectivity index (χ0) is 19.9. The molecule has 1 N–H and O–H groups in total. The van der Waals surface area contributed by atoms with E-state index in [0.717, 1.165) is 46.2 Å². The van der Waals surface area contributed by atoms with Crippen molar-refractivity contribution in [2.24, 2.45) is 0 Å². The lowest BCUT2D eigenvalue weighted by Gasteiger charge is -2.16. The first-order valence-corrected chi connectivity index (χ1v) is 9.49. The Morgan fingerprint density at radius 1 is 0.893 bits per heavy atom. The van der Waals surface area contributed by atoms with Crippen LogP contribution in [0.4, 0.5) is 5.69 Å². The van der Waals surface area contributed by atoms with E-state index < -0.39 is 0 Å². The predicted molar refractivity (Wildman–Crippen MR) is 114 cm³/mol. The van der Waals surface area contributed by atoms with Gasteiger partial charge >= 0.3 is 0 Å². The van der Waals surface area contributed by atoms with Crippen LogP contribution in [0.3, 0.4) is 0 Å². The molecular weight excluding hydrogens is 350 g/mol. The highest BCUT2D eigenvalue weighted by atomic mass is 16.5. The number of benzene rings is 3. The Hall–Kier alpha value is -3.14. The summed E-state index contributed by atoms with van der Waals surface area (Å²) in [5, 5.41) is 3.19. The van der Waals surface area contributed by atoms with Crippen LogP contribution < -0.4 is 19.5 Å². The first-order chi connectivity index (χ1) is 13.7. The van der Waals surface area contributed by atoms with E-state index in [0.29, 0.717) is 6.61 Å². The largest absolute Gasteiger partial charge is 0.496 e. The van der Waals surface area contributed by atoms with Gasteiger partial charge in [0.05, 0.1) is 12.7 Å². The van der Waals surface area contributed by atoms with Crippen LogP contribution in [0.1, 0.15) is 23.6 Å². The Bertz CT molecular complexity index is 915. The molecule has 0 aromatic heterocycles. The summed E-state index contributed by atoms with van der Waals surface area (Å²) in [5.41, 5.74) is 4.20. The van der Waals surface area contributed by atoms with Crippen molar-refractivity contribution >= 4 is 5.69 Å². The second-order valence-corrected chi connectivity index (χ2v) is 6.52. The maximum absolute atomic E-state index is 6.09. The summed E-state index contributed by atoms with van der Waals surface area (Å²) < 4.78 is 17.6. The van der Waals surface area contributed by atoms with Gasteiger partial charge in [0.15, 0.2) is 0 Å². The molecule has 0 amide bonds. The van der Waals surface area contributed by atoms with E-state index >= 15 is 0 Å². The molecule has 0 saturated carbocycles. The van der Waals surface area contributed by atoms with Gasteiger partial charge < -0.3 is 19.5 Å². The molecule has 4 nitrogen and oxygen atoms in total. The van der Waals surface area contributed by atoms with Gasteiger partial charge in [-0.15, -0.1) is 0 Å². The molecule has 0 fully saturated rings. The van der Waals surface area contributed by atoms with Gasteiger partial charge in [-0.3, -0.25) is 0 Å². The van der Waals surface area contributed by atoms with Crippen molar-refractivity contribution in [3.63, 3.8) is 0 Å². The number of nitrogens with one attached hydrogen (secondary N) is 1. The van der Waals surface area contributed by atoms with E-state index in [4.69, 9.17) is 14.2 Å². The van der Waals surface area contributed by atoms with Gasteiger partial charge in [0, 0.05) is 12.7 Å². The highest BCUT2D eigenvalue weighted by molar-refractivity contribution is 5.57. The Kier molecular flexibility index (Phi) is 6.43. The highest BCUT2D eigenvalue weighted by Gasteiger charge is 2.11. The van der Waals surface area contributed by atoms with Crippen LogP contribution in [0.15, 0.2) is 60.7 Å². The third kappa shape index (κ3) is 4.39. The molecule has 0 aliphatic rings. The van der Waals surface area contributed by atoms with Crippen molar-refractivity contribution < 1.29 is 14.2 Å². The zero-order valence-corrected chi connectivity index (χ0v) is 16.9. The minimum absolute atomic E-state index is 0.417. The summed E-state index contributed by atoms with van der Waals surface area (Å²) in [6, 6.07) is 19.9. The molecule has 0 unspecified atom stereocenters.